The molecule has 0 bridgehead atoms. The SMILES string of the molecule is CCCN(CCNC[C@H](O)C1C=CC(O)=C(N)C1OC)C(=O)CCOC1CC=CC=C1CNCC. The van der Waals surface area contributed by atoms with Crippen molar-refractivity contribution in [2.75, 3.05) is 53.0 Å². The van der Waals surface area contributed by atoms with E-state index >= 15 is 0 Å². The van der Waals surface area contributed by atoms with Crippen molar-refractivity contribution < 1.29 is 24.5 Å². The highest BCUT2D eigenvalue weighted by molar-refractivity contribution is 5.76. The fourth-order valence-electron chi connectivity index (χ4n) is 4.31. The summed E-state index contributed by atoms with van der Waals surface area (Å²) in [4.78, 5) is 14.7. The number of hydrogen-bond donors (Lipinski definition) is 5. The van der Waals surface area contributed by atoms with Gasteiger partial charge in [-0.25, -0.2) is 0 Å². The number of nitrogens with one attached hydrogen (secondary N) is 2. The molecule has 4 atom stereocenters. The lowest BCUT2D eigenvalue weighted by Crippen LogP contribution is -2.44. The maximum atomic E-state index is 12.8. The summed E-state index contributed by atoms with van der Waals surface area (Å²) in [5.41, 5.74) is 7.33. The van der Waals surface area contributed by atoms with Crippen LogP contribution in [0.1, 0.15) is 33.1 Å². The Morgan fingerprint density at radius 2 is 2.11 bits per heavy atom. The first-order chi connectivity index (χ1) is 16.9. The number of likely N-dealkylation sites (N-methyl/N-ethyl adjacent to an activating group) is 1. The molecule has 3 unspecified atom stereocenters. The Bertz CT molecular complexity index is 780. The minimum Gasteiger partial charge on any atom is -0.506 e. The third-order valence-corrected chi connectivity index (χ3v) is 6.31. The number of nitrogens with zero attached hydrogens (tertiary/aromatic N) is 1. The summed E-state index contributed by atoms with van der Waals surface area (Å²) in [6.45, 7) is 8.32. The molecule has 0 aromatic heterocycles. The van der Waals surface area contributed by atoms with Crippen LogP contribution >= 0.6 is 0 Å². The Balaban J connectivity index is 1.74. The fraction of sp³-hybridized carbons (Fsp3) is 0.654. The van der Waals surface area contributed by atoms with Crippen LogP contribution in [0.25, 0.3) is 0 Å². The maximum absolute atomic E-state index is 12.8. The summed E-state index contributed by atoms with van der Waals surface area (Å²) in [5, 5.41) is 26.9. The van der Waals surface area contributed by atoms with Crippen LogP contribution in [-0.4, -0.2) is 92.3 Å². The van der Waals surface area contributed by atoms with Crippen LogP contribution in [0.3, 0.4) is 0 Å². The molecule has 0 radical (unpaired) electrons. The second-order valence-corrected chi connectivity index (χ2v) is 8.88. The number of aliphatic hydroxyl groups is 2. The summed E-state index contributed by atoms with van der Waals surface area (Å²) in [7, 11) is 1.50. The first-order valence-electron chi connectivity index (χ1n) is 12.7. The van der Waals surface area contributed by atoms with E-state index in [1.54, 1.807) is 6.08 Å². The molecule has 198 valence electrons. The molecule has 0 saturated heterocycles. The number of carbonyl (C=O) groups is 1. The molecule has 0 aliphatic heterocycles. The van der Waals surface area contributed by atoms with Crippen molar-refractivity contribution in [2.24, 2.45) is 11.7 Å². The number of amides is 1. The van der Waals surface area contributed by atoms with Crippen molar-refractivity contribution in [3.8, 4) is 0 Å². The molecule has 1 amide bonds. The lowest BCUT2D eigenvalue weighted by Gasteiger charge is -2.31. The molecular formula is C26H44N4O5. The average molecular weight is 493 g/mol. The van der Waals surface area contributed by atoms with Gasteiger partial charge in [-0.15, -0.1) is 0 Å². The standard InChI is InChI=1S/C26H44N4O5/c1-4-14-30(24(33)12-16-35-23-9-7-6-8-19(23)17-28-5-2)15-13-29-18-22(32)20-10-11-21(31)25(27)26(20)34-3/h6-8,10-11,20,22-23,26,28-29,31-32H,4-5,9,12-18,27H2,1-3H3/t20?,22-,23?,26?/m0/s1. The highest BCUT2D eigenvalue weighted by Gasteiger charge is 2.32. The molecule has 0 saturated carbocycles. The lowest BCUT2D eigenvalue weighted by molar-refractivity contribution is -0.132. The minimum absolute atomic E-state index is 0.0187. The number of aliphatic hydroxyl groups excluding tert-OH is 2. The Hall–Kier alpha value is -2.17. The molecule has 9 heteroatoms. The number of methoxy groups -OCH3 is 1. The molecule has 0 heterocycles. The van der Waals surface area contributed by atoms with Crippen LogP contribution in [0.2, 0.25) is 0 Å². The van der Waals surface area contributed by atoms with Crippen molar-refractivity contribution in [1.29, 1.82) is 0 Å². The molecule has 0 aromatic rings. The van der Waals surface area contributed by atoms with Gasteiger partial charge in [-0.05, 0) is 31.0 Å². The summed E-state index contributed by atoms with van der Waals surface area (Å²) in [6.07, 6.45) is 10.2. The van der Waals surface area contributed by atoms with Gasteiger partial charge >= 0.3 is 0 Å². The predicted octanol–water partition coefficient (Wildman–Crippen LogP) is 1.38. The van der Waals surface area contributed by atoms with Gasteiger partial charge in [0.15, 0.2) is 0 Å². The second-order valence-electron chi connectivity index (χ2n) is 8.88. The van der Waals surface area contributed by atoms with E-state index in [0.717, 1.165) is 25.9 Å². The number of allylic oxidation sites excluding steroid dienone is 3. The van der Waals surface area contributed by atoms with Crippen LogP contribution in [0.4, 0.5) is 0 Å². The predicted molar refractivity (Wildman–Crippen MR) is 138 cm³/mol. The van der Waals surface area contributed by atoms with E-state index in [1.165, 1.54) is 18.8 Å². The van der Waals surface area contributed by atoms with E-state index in [4.69, 9.17) is 15.2 Å². The highest BCUT2D eigenvalue weighted by atomic mass is 16.5. The minimum atomic E-state index is -0.749. The Morgan fingerprint density at radius 1 is 1.31 bits per heavy atom. The number of ether oxygens (including phenoxy) is 2. The lowest BCUT2D eigenvalue weighted by atomic mass is 9.89. The fourth-order valence-corrected chi connectivity index (χ4v) is 4.31. The third kappa shape index (κ3) is 9.09. The van der Waals surface area contributed by atoms with Gasteiger partial charge in [-0.1, -0.05) is 38.2 Å². The molecule has 2 rings (SSSR count). The summed E-state index contributed by atoms with van der Waals surface area (Å²) < 4.78 is 11.4. The zero-order chi connectivity index (χ0) is 25.6. The van der Waals surface area contributed by atoms with E-state index in [0.29, 0.717) is 39.2 Å². The van der Waals surface area contributed by atoms with Gasteiger partial charge in [0.25, 0.3) is 0 Å². The molecule has 35 heavy (non-hydrogen) atoms. The Labute approximate surface area is 209 Å². The number of carbonyl (C=O) groups excluding carboxylic acids is 1. The van der Waals surface area contributed by atoms with Crippen molar-refractivity contribution in [2.45, 2.75) is 51.4 Å². The summed E-state index contributed by atoms with van der Waals surface area (Å²) in [5.74, 6) is -0.327. The third-order valence-electron chi connectivity index (χ3n) is 6.31. The molecule has 6 N–H and O–H groups in total. The molecule has 2 aliphatic rings. The van der Waals surface area contributed by atoms with Gasteiger partial charge in [0.05, 0.1) is 30.9 Å². The van der Waals surface area contributed by atoms with Gasteiger partial charge in [0.2, 0.25) is 5.91 Å². The van der Waals surface area contributed by atoms with Crippen LogP contribution in [0.15, 0.2) is 47.4 Å². The summed E-state index contributed by atoms with van der Waals surface area (Å²) >= 11 is 0. The largest absolute Gasteiger partial charge is 0.506 e. The molecule has 0 spiro atoms. The normalized spacial score (nSPS) is 22.9. The molecule has 9 nitrogen and oxygen atoms in total. The first kappa shape index (κ1) is 29.1. The average Bonchev–Trinajstić information content (AvgIpc) is 2.86. The zero-order valence-electron chi connectivity index (χ0n) is 21.4. The van der Waals surface area contributed by atoms with Crippen LogP contribution in [0.5, 0.6) is 0 Å². The van der Waals surface area contributed by atoms with Gasteiger partial charge in [0, 0.05) is 45.8 Å². The monoisotopic (exact) mass is 492 g/mol. The quantitative estimate of drug-likeness (QED) is 0.204. The Morgan fingerprint density at radius 3 is 2.83 bits per heavy atom. The molecule has 0 fully saturated rings. The summed E-state index contributed by atoms with van der Waals surface area (Å²) in [6, 6.07) is 0. The number of nitrogens with two attached hydrogens (primary N) is 1. The topological polar surface area (TPSA) is 129 Å². The molecule has 0 aromatic carbocycles. The maximum Gasteiger partial charge on any atom is 0.224 e. The highest BCUT2D eigenvalue weighted by Crippen LogP contribution is 2.25. The number of hydrogen-bond acceptors (Lipinski definition) is 8. The van der Waals surface area contributed by atoms with Gasteiger partial charge < -0.3 is 41.0 Å². The zero-order valence-corrected chi connectivity index (χ0v) is 21.4. The molecular weight excluding hydrogens is 448 g/mol. The first-order valence-corrected chi connectivity index (χ1v) is 12.7. The van der Waals surface area contributed by atoms with Crippen molar-refractivity contribution in [3.05, 3.63) is 47.4 Å². The van der Waals surface area contributed by atoms with Gasteiger partial charge in [-0.2, -0.15) is 0 Å². The van der Waals surface area contributed by atoms with E-state index in [1.807, 2.05) is 11.8 Å². The Kier molecular flexibility index (Phi) is 13.1. The molecule has 2 aliphatic carbocycles. The second kappa shape index (κ2) is 15.7. The van der Waals surface area contributed by atoms with E-state index in [-0.39, 0.29) is 29.4 Å². The van der Waals surface area contributed by atoms with E-state index in [2.05, 4.69) is 35.8 Å². The van der Waals surface area contributed by atoms with Crippen molar-refractivity contribution in [1.82, 2.24) is 15.5 Å². The van der Waals surface area contributed by atoms with E-state index < -0.39 is 12.2 Å². The number of rotatable bonds is 16. The van der Waals surface area contributed by atoms with Crippen molar-refractivity contribution in [3.63, 3.8) is 0 Å². The van der Waals surface area contributed by atoms with Crippen LogP contribution in [0, 0.1) is 5.92 Å². The van der Waals surface area contributed by atoms with Gasteiger partial charge in [0.1, 0.15) is 11.9 Å². The van der Waals surface area contributed by atoms with Crippen LogP contribution in [-0.2, 0) is 14.3 Å². The van der Waals surface area contributed by atoms with Gasteiger partial charge in [-0.3, -0.25) is 4.79 Å². The smallest absolute Gasteiger partial charge is 0.224 e. The van der Waals surface area contributed by atoms with Crippen molar-refractivity contribution >= 4 is 5.91 Å². The van der Waals surface area contributed by atoms with Crippen LogP contribution < -0.4 is 16.4 Å². The van der Waals surface area contributed by atoms with E-state index in [9.17, 15) is 15.0 Å².